The molecule has 2 aliphatic rings. The number of piperidine rings is 1. The van der Waals surface area contributed by atoms with Gasteiger partial charge in [0.2, 0.25) is 0 Å². The lowest BCUT2D eigenvalue weighted by Gasteiger charge is -2.35. The lowest BCUT2D eigenvalue weighted by atomic mass is 9.84. The van der Waals surface area contributed by atoms with Gasteiger partial charge in [0, 0.05) is 23.5 Å². The van der Waals surface area contributed by atoms with E-state index in [9.17, 15) is 4.39 Å². The van der Waals surface area contributed by atoms with E-state index in [0.717, 1.165) is 18.4 Å². The highest BCUT2D eigenvalue weighted by atomic mass is 35.5. The Bertz CT molecular complexity index is 408. The van der Waals surface area contributed by atoms with Gasteiger partial charge in [0.25, 0.3) is 0 Å². The molecule has 3 heteroatoms. The van der Waals surface area contributed by atoms with Gasteiger partial charge >= 0.3 is 0 Å². The van der Waals surface area contributed by atoms with E-state index in [0.29, 0.717) is 36.4 Å². The van der Waals surface area contributed by atoms with Gasteiger partial charge in [-0.1, -0.05) is 23.7 Å². The van der Waals surface area contributed by atoms with Crippen molar-refractivity contribution in [3.63, 3.8) is 0 Å². The first-order chi connectivity index (χ1) is 8.13. The Labute approximate surface area is 106 Å². The lowest BCUT2D eigenvalue weighted by molar-refractivity contribution is 0.0894. The van der Waals surface area contributed by atoms with E-state index >= 15 is 0 Å². The zero-order valence-electron chi connectivity index (χ0n) is 9.76. The summed E-state index contributed by atoms with van der Waals surface area (Å²) in [6.07, 6.45) is 4.06. The quantitative estimate of drug-likeness (QED) is 0.851. The molecule has 2 atom stereocenters. The molecule has 0 amide bonds. The van der Waals surface area contributed by atoms with E-state index in [1.165, 1.54) is 0 Å². The van der Waals surface area contributed by atoms with Gasteiger partial charge in [-0.2, -0.15) is 0 Å². The van der Waals surface area contributed by atoms with Crippen molar-refractivity contribution in [2.45, 2.75) is 49.9 Å². The maximum atomic E-state index is 14.8. The third-order valence-electron chi connectivity index (χ3n) is 3.97. The van der Waals surface area contributed by atoms with Crippen molar-refractivity contribution in [1.29, 1.82) is 0 Å². The summed E-state index contributed by atoms with van der Waals surface area (Å²) in [6.45, 7) is 0. The third-order valence-corrected chi connectivity index (χ3v) is 4.20. The number of nitrogens with one attached hydrogen (secondary N) is 1. The fraction of sp³-hybridized carbons (Fsp3) is 0.571. The van der Waals surface area contributed by atoms with Crippen LogP contribution in [0.1, 0.15) is 31.2 Å². The first kappa shape index (κ1) is 11.5. The monoisotopic (exact) mass is 253 g/mol. The van der Waals surface area contributed by atoms with Crippen molar-refractivity contribution < 1.29 is 4.39 Å². The second-order valence-electron chi connectivity index (χ2n) is 5.50. The number of benzene rings is 1. The maximum Gasteiger partial charge on any atom is 0.118 e. The van der Waals surface area contributed by atoms with Crippen LogP contribution < -0.4 is 5.32 Å². The molecule has 92 valence electrons. The highest BCUT2D eigenvalue weighted by Crippen LogP contribution is 2.39. The van der Waals surface area contributed by atoms with Crippen LogP contribution in [-0.2, 0) is 6.42 Å². The molecule has 1 aromatic rings. The third kappa shape index (κ3) is 2.48. The largest absolute Gasteiger partial charge is 0.311 e. The summed E-state index contributed by atoms with van der Waals surface area (Å²) in [5.74, 6) is 0. The average Bonchev–Trinajstić information content (AvgIpc) is 2.58. The Morgan fingerprint density at radius 3 is 2.65 bits per heavy atom. The van der Waals surface area contributed by atoms with Gasteiger partial charge in [0.05, 0.1) is 0 Å². The van der Waals surface area contributed by atoms with E-state index < -0.39 is 5.67 Å². The predicted octanol–water partition coefficient (Wildman–Crippen LogP) is 3.51. The number of hydrogen-bond donors (Lipinski definition) is 1. The molecule has 1 N–H and O–H groups in total. The second-order valence-corrected chi connectivity index (χ2v) is 5.94. The normalized spacial score (nSPS) is 36.1. The number of rotatable bonds is 2. The molecule has 2 saturated heterocycles. The van der Waals surface area contributed by atoms with E-state index in [1.807, 2.05) is 24.3 Å². The molecule has 0 radical (unpaired) electrons. The Balaban J connectivity index is 1.76. The maximum absolute atomic E-state index is 14.8. The minimum atomic E-state index is -1.04. The molecule has 2 bridgehead atoms. The van der Waals surface area contributed by atoms with Gasteiger partial charge in [-0.3, -0.25) is 0 Å². The van der Waals surface area contributed by atoms with Crippen molar-refractivity contribution in [2.75, 3.05) is 0 Å². The molecule has 2 fully saturated rings. The summed E-state index contributed by atoms with van der Waals surface area (Å²) in [5, 5.41) is 4.17. The Morgan fingerprint density at radius 1 is 1.29 bits per heavy atom. The van der Waals surface area contributed by atoms with E-state index in [4.69, 9.17) is 11.6 Å². The van der Waals surface area contributed by atoms with E-state index in [2.05, 4.69) is 5.32 Å². The summed E-state index contributed by atoms with van der Waals surface area (Å²) in [4.78, 5) is 0. The van der Waals surface area contributed by atoms with Crippen LogP contribution in [0, 0.1) is 0 Å². The van der Waals surface area contributed by atoms with Gasteiger partial charge < -0.3 is 5.32 Å². The predicted molar refractivity (Wildman–Crippen MR) is 68.2 cm³/mol. The van der Waals surface area contributed by atoms with Crippen molar-refractivity contribution >= 4 is 11.6 Å². The van der Waals surface area contributed by atoms with Crippen LogP contribution in [-0.4, -0.2) is 17.8 Å². The molecule has 2 heterocycles. The molecule has 2 unspecified atom stereocenters. The molecule has 17 heavy (non-hydrogen) atoms. The van der Waals surface area contributed by atoms with Crippen LogP contribution in [0.4, 0.5) is 4.39 Å². The minimum absolute atomic E-state index is 0.387. The van der Waals surface area contributed by atoms with Crippen LogP contribution in [0.15, 0.2) is 24.3 Å². The fourth-order valence-electron chi connectivity index (χ4n) is 3.35. The molecule has 1 nitrogen and oxygen atoms in total. The first-order valence-electron chi connectivity index (χ1n) is 6.32. The van der Waals surface area contributed by atoms with Gasteiger partial charge in [0.1, 0.15) is 5.67 Å². The number of hydrogen-bond acceptors (Lipinski definition) is 1. The molecule has 0 aliphatic carbocycles. The molecule has 3 rings (SSSR count). The van der Waals surface area contributed by atoms with Crippen molar-refractivity contribution in [3.05, 3.63) is 34.9 Å². The smallest absolute Gasteiger partial charge is 0.118 e. The summed E-state index contributed by atoms with van der Waals surface area (Å²) in [5.41, 5.74) is -0.0248. The van der Waals surface area contributed by atoms with Crippen LogP contribution >= 0.6 is 11.6 Å². The average molecular weight is 254 g/mol. The molecular formula is C14H17ClFN. The summed E-state index contributed by atoms with van der Waals surface area (Å²) < 4.78 is 14.8. The number of alkyl halides is 1. The number of halogens is 2. The topological polar surface area (TPSA) is 12.0 Å². The van der Waals surface area contributed by atoms with Crippen LogP contribution in [0.3, 0.4) is 0 Å². The molecule has 0 aromatic heterocycles. The highest BCUT2D eigenvalue weighted by Gasteiger charge is 2.43. The van der Waals surface area contributed by atoms with Gasteiger partial charge in [-0.15, -0.1) is 0 Å². The molecule has 1 aromatic carbocycles. The molecule has 0 spiro atoms. The van der Waals surface area contributed by atoms with Crippen molar-refractivity contribution in [1.82, 2.24) is 5.32 Å². The zero-order valence-corrected chi connectivity index (χ0v) is 10.5. The fourth-order valence-corrected chi connectivity index (χ4v) is 3.56. The SMILES string of the molecule is FC1(Cc2cccc(Cl)c2)CC2CCC(C1)N2. The zero-order chi connectivity index (χ0) is 11.9. The lowest BCUT2D eigenvalue weighted by Crippen LogP contribution is -2.47. The van der Waals surface area contributed by atoms with Crippen LogP contribution in [0.5, 0.6) is 0 Å². The molecule has 0 saturated carbocycles. The van der Waals surface area contributed by atoms with E-state index in [-0.39, 0.29) is 0 Å². The molecular weight excluding hydrogens is 237 g/mol. The second kappa shape index (κ2) is 4.25. The minimum Gasteiger partial charge on any atom is -0.311 e. The van der Waals surface area contributed by atoms with E-state index in [1.54, 1.807) is 0 Å². The van der Waals surface area contributed by atoms with Crippen molar-refractivity contribution in [3.8, 4) is 0 Å². The number of fused-ring (bicyclic) bond motifs is 2. The summed E-state index contributed by atoms with van der Waals surface area (Å²) >= 11 is 5.94. The molecule has 2 aliphatic heterocycles. The Kier molecular flexibility index (Phi) is 2.87. The Hall–Kier alpha value is -0.600. The van der Waals surface area contributed by atoms with Gasteiger partial charge in [0.15, 0.2) is 0 Å². The van der Waals surface area contributed by atoms with Crippen LogP contribution in [0.2, 0.25) is 5.02 Å². The standard InChI is InChI=1S/C14H17ClFN/c15-11-3-1-2-10(6-11)7-14(16)8-12-4-5-13(9-14)17-12/h1-3,6,12-13,17H,4-5,7-9H2. The van der Waals surface area contributed by atoms with Gasteiger partial charge in [-0.05, 0) is 43.4 Å². The summed E-state index contributed by atoms with van der Waals surface area (Å²) in [7, 11) is 0. The van der Waals surface area contributed by atoms with Gasteiger partial charge in [-0.25, -0.2) is 4.39 Å². The highest BCUT2D eigenvalue weighted by molar-refractivity contribution is 6.30. The summed E-state index contributed by atoms with van der Waals surface area (Å²) in [6, 6.07) is 8.36. The first-order valence-corrected chi connectivity index (χ1v) is 6.70. The van der Waals surface area contributed by atoms with Crippen LogP contribution in [0.25, 0.3) is 0 Å². The Morgan fingerprint density at radius 2 is 2.00 bits per heavy atom. The van der Waals surface area contributed by atoms with Crippen molar-refractivity contribution in [2.24, 2.45) is 0 Å².